The normalized spacial score (nSPS) is 12.7. The smallest absolute Gasteiger partial charge is 0.312 e. The second-order valence-corrected chi connectivity index (χ2v) is 6.30. The van der Waals surface area contributed by atoms with Crippen molar-refractivity contribution >= 4 is 17.6 Å². The van der Waals surface area contributed by atoms with Gasteiger partial charge < -0.3 is 19.9 Å². The number of ether oxygens (including phenoxy) is 2. The molecule has 0 aliphatic heterocycles. The lowest BCUT2D eigenvalue weighted by Crippen LogP contribution is -2.34. The minimum atomic E-state index is -1.17. The molecule has 2 N–H and O–H groups in total. The maximum Gasteiger partial charge on any atom is 0.312 e. The van der Waals surface area contributed by atoms with Crippen LogP contribution in [0.2, 0.25) is 5.02 Å². The summed E-state index contributed by atoms with van der Waals surface area (Å²) >= 11 is 6.10. The van der Waals surface area contributed by atoms with Crippen molar-refractivity contribution in [2.45, 2.75) is 12.7 Å². The van der Waals surface area contributed by atoms with E-state index in [1.807, 2.05) is 30.3 Å². The molecule has 0 spiro atoms. The Labute approximate surface area is 164 Å². The van der Waals surface area contributed by atoms with E-state index in [0.29, 0.717) is 22.9 Å². The van der Waals surface area contributed by atoms with Gasteiger partial charge in [-0.3, -0.25) is 4.79 Å². The van der Waals surface area contributed by atoms with Gasteiger partial charge in [-0.05, 0) is 23.8 Å². The molecule has 2 atom stereocenters. The van der Waals surface area contributed by atoms with E-state index in [1.165, 1.54) is 7.11 Å². The van der Waals surface area contributed by atoms with Crippen molar-refractivity contribution in [1.82, 2.24) is 5.32 Å². The number of rotatable bonds is 9. The Kier molecular flexibility index (Phi) is 8.15. The Balaban J connectivity index is 2.23. The zero-order chi connectivity index (χ0) is 19.6. The van der Waals surface area contributed by atoms with E-state index in [4.69, 9.17) is 27.5 Å². The summed E-state index contributed by atoms with van der Waals surface area (Å²) in [5.74, 6) is 1.46. The second-order valence-electron chi connectivity index (χ2n) is 5.87. The van der Waals surface area contributed by atoms with Crippen LogP contribution in [0.25, 0.3) is 0 Å². The van der Waals surface area contributed by atoms with Gasteiger partial charge in [-0.2, -0.15) is 0 Å². The minimum Gasteiger partial charge on any atom is -0.489 e. The summed E-state index contributed by atoms with van der Waals surface area (Å²) in [6.07, 6.45) is 4.05. The Hall–Kier alpha value is -2.52. The van der Waals surface area contributed by atoms with Crippen LogP contribution in [0.5, 0.6) is 5.75 Å². The molecule has 6 heteroatoms. The third kappa shape index (κ3) is 6.00. The number of halogens is 1. The van der Waals surface area contributed by atoms with Gasteiger partial charge in [-0.15, -0.1) is 6.42 Å². The number of hydrogen-bond donors (Lipinski definition) is 2. The summed E-state index contributed by atoms with van der Waals surface area (Å²) in [7, 11) is 1.27. The first-order valence-corrected chi connectivity index (χ1v) is 8.80. The fourth-order valence-corrected chi connectivity index (χ4v) is 2.79. The molecule has 0 heterocycles. The third-order valence-corrected chi connectivity index (χ3v) is 4.24. The summed E-state index contributed by atoms with van der Waals surface area (Å²) < 4.78 is 10.7. The Morgan fingerprint density at radius 2 is 2.04 bits per heavy atom. The van der Waals surface area contributed by atoms with Gasteiger partial charge in [0, 0.05) is 17.1 Å². The van der Waals surface area contributed by atoms with E-state index >= 15 is 0 Å². The molecule has 0 bridgehead atoms. The molecule has 2 aromatic carbocycles. The Morgan fingerprint density at radius 1 is 1.30 bits per heavy atom. The Bertz CT molecular complexity index is 789. The first-order valence-electron chi connectivity index (χ1n) is 8.43. The highest BCUT2D eigenvalue weighted by Crippen LogP contribution is 2.33. The van der Waals surface area contributed by atoms with Crippen LogP contribution in [0.15, 0.2) is 48.5 Å². The van der Waals surface area contributed by atoms with Gasteiger partial charge in [-0.25, -0.2) is 0 Å². The van der Waals surface area contributed by atoms with Crippen molar-refractivity contribution in [3.05, 3.63) is 64.7 Å². The zero-order valence-corrected chi connectivity index (χ0v) is 15.8. The van der Waals surface area contributed by atoms with Crippen LogP contribution in [-0.4, -0.2) is 31.3 Å². The van der Waals surface area contributed by atoms with Gasteiger partial charge in [0.1, 0.15) is 12.4 Å². The minimum absolute atomic E-state index is 0.155. The van der Waals surface area contributed by atoms with Gasteiger partial charge in [-0.1, -0.05) is 47.9 Å². The van der Waals surface area contributed by atoms with Gasteiger partial charge in [0.2, 0.25) is 0 Å². The Morgan fingerprint density at radius 3 is 2.70 bits per heavy atom. The molecular weight excluding hydrogens is 366 g/mol. The van der Waals surface area contributed by atoms with E-state index < -0.39 is 18.0 Å². The molecule has 5 nitrogen and oxygen atoms in total. The number of terminal acetylenes is 1. The molecule has 0 saturated carbocycles. The standard InChI is InChI=1S/C21H22ClNO4/c1-3-11-23-13-18(21(25)26-2)20(24)17-12-16(22)9-10-19(17)27-14-15-7-5-4-6-8-15/h1,4-10,12,18,20,23-24H,11,13-14H2,2H3. The number of aliphatic hydroxyl groups excluding tert-OH is 1. The number of carbonyl (C=O) groups excluding carboxylic acids is 1. The number of aliphatic hydroxyl groups is 1. The summed E-state index contributed by atoms with van der Waals surface area (Å²) in [4.78, 5) is 12.1. The lowest BCUT2D eigenvalue weighted by atomic mass is 9.94. The molecule has 2 unspecified atom stereocenters. The highest BCUT2D eigenvalue weighted by atomic mass is 35.5. The SMILES string of the molecule is C#CCNCC(C(=O)OC)C(O)c1cc(Cl)ccc1OCc1ccccc1. The molecule has 0 aliphatic rings. The number of nitrogens with one attached hydrogen (secondary N) is 1. The predicted molar refractivity (Wildman–Crippen MR) is 104 cm³/mol. The zero-order valence-electron chi connectivity index (χ0n) is 15.0. The molecule has 27 heavy (non-hydrogen) atoms. The van der Waals surface area contributed by atoms with Crippen LogP contribution in [0.4, 0.5) is 0 Å². The van der Waals surface area contributed by atoms with E-state index in [0.717, 1.165) is 5.56 Å². The summed E-state index contributed by atoms with van der Waals surface area (Å²) in [6.45, 7) is 0.746. The second kappa shape index (κ2) is 10.6. The molecular formula is C21H22ClNO4. The highest BCUT2D eigenvalue weighted by Gasteiger charge is 2.31. The third-order valence-electron chi connectivity index (χ3n) is 4.00. The largest absolute Gasteiger partial charge is 0.489 e. The van der Waals surface area contributed by atoms with Crippen molar-refractivity contribution in [2.24, 2.45) is 5.92 Å². The van der Waals surface area contributed by atoms with Crippen LogP contribution >= 0.6 is 11.6 Å². The van der Waals surface area contributed by atoms with Crippen LogP contribution in [0.1, 0.15) is 17.2 Å². The fourth-order valence-electron chi connectivity index (χ4n) is 2.61. The molecule has 0 aliphatic carbocycles. The van der Waals surface area contributed by atoms with Crippen LogP contribution < -0.4 is 10.1 Å². The lowest BCUT2D eigenvalue weighted by Gasteiger charge is -2.23. The summed E-state index contributed by atoms with van der Waals surface area (Å²) in [6, 6.07) is 14.6. The average molecular weight is 388 g/mol. The van der Waals surface area contributed by atoms with Gasteiger partial charge >= 0.3 is 5.97 Å². The first kappa shape index (κ1) is 20.8. The van der Waals surface area contributed by atoms with Crippen molar-refractivity contribution in [3.8, 4) is 18.1 Å². The lowest BCUT2D eigenvalue weighted by molar-refractivity contribution is -0.149. The van der Waals surface area contributed by atoms with Crippen molar-refractivity contribution in [2.75, 3.05) is 20.2 Å². The van der Waals surface area contributed by atoms with Crippen molar-refractivity contribution < 1.29 is 19.4 Å². The fraction of sp³-hybridized carbons (Fsp3) is 0.286. The average Bonchev–Trinajstić information content (AvgIpc) is 2.70. The molecule has 142 valence electrons. The number of carbonyl (C=O) groups is 1. The first-order chi connectivity index (χ1) is 13.1. The molecule has 0 saturated heterocycles. The van der Waals surface area contributed by atoms with Gasteiger partial charge in [0.25, 0.3) is 0 Å². The molecule has 0 radical (unpaired) electrons. The predicted octanol–water partition coefficient (Wildman–Crippen LogP) is 2.96. The molecule has 0 amide bonds. The molecule has 2 aromatic rings. The maximum atomic E-state index is 12.1. The highest BCUT2D eigenvalue weighted by molar-refractivity contribution is 6.30. The number of hydrogen-bond acceptors (Lipinski definition) is 5. The number of esters is 1. The van der Waals surface area contributed by atoms with E-state index in [-0.39, 0.29) is 13.1 Å². The van der Waals surface area contributed by atoms with Crippen LogP contribution in [0, 0.1) is 18.3 Å². The van der Waals surface area contributed by atoms with Crippen molar-refractivity contribution in [3.63, 3.8) is 0 Å². The monoisotopic (exact) mass is 387 g/mol. The van der Waals surface area contributed by atoms with Crippen LogP contribution in [-0.2, 0) is 16.1 Å². The molecule has 2 rings (SSSR count). The van der Waals surface area contributed by atoms with E-state index in [1.54, 1.807) is 18.2 Å². The number of methoxy groups -OCH3 is 1. The van der Waals surface area contributed by atoms with Gasteiger partial charge in [0.15, 0.2) is 0 Å². The van der Waals surface area contributed by atoms with E-state index in [9.17, 15) is 9.90 Å². The van der Waals surface area contributed by atoms with E-state index in [2.05, 4.69) is 11.2 Å². The maximum absolute atomic E-state index is 12.1. The summed E-state index contributed by atoms with van der Waals surface area (Å²) in [5, 5.41) is 14.2. The number of benzene rings is 2. The quantitative estimate of drug-likeness (QED) is 0.393. The molecule has 0 aromatic heterocycles. The summed E-state index contributed by atoms with van der Waals surface area (Å²) in [5.41, 5.74) is 1.39. The topological polar surface area (TPSA) is 67.8 Å². The van der Waals surface area contributed by atoms with Crippen LogP contribution in [0.3, 0.4) is 0 Å². The van der Waals surface area contributed by atoms with Gasteiger partial charge in [0.05, 0.1) is 25.7 Å². The molecule has 0 fully saturated rings. The van der Waals surface area contributed by atoms with Crippen molar-refractivity contribution in [1.29, 1.82) is 0 Å².